The monoisotopic (exact) mass is 392 g/mol. The third-order valence-corrected chi connectivity index (χ3v) is 5.04. The molecule has 0 aromatic heterocycles. The molecule has 0 saturated heterocycles. The van der Waals surface area contributed by atoms with Crippen LogP contribution in [0.3, 0.4) is 0 Å². The Labute approximate surface area is 167 Å². The van der Waals surface area contributed by atoms with E-state index in [-0.39, 0.29) is 39.3 Å². The van der Waals surface area contributed by atoms with Gasteiger partial charge in [-0.3, -0.25) is 14.4 Å². The number of phenols is 1. The Morgan fingerprint density at radius 2 is 1.79 bits per heavy atom. The first-order chi connectivity index (χ1) is 13.7. The summed E-state index contributed by atoms with van der Waals surface area (Å²) in [5, 5.41) is 20.8. The van der Waals surface area contributed by atoms with E-state index in [0.29, 0.717) is 11.1 Å². The van der Waals surface area contributed by atoms with Crippen molar-refractivity contribution in [3.05, 3.63) is 81.1 Å². The summed E-state index contributed by atoms with van der Waals surface area (Å²) in [5.41, 5.74) is 0.684. The number of rotatable bonds is 4. The first-order valence-corrected chi connectivity index (χ1v) is 8.94. The van der Waals surface area contributed by atoms with Crippen LogP contribution in [-0.4, -0.2) is 34.7 Å². The van der Waals surface area contributed by atoms with Crippen molar-refractivity contribution in [2.24, 2.45) is 0 Å². The molecule has 0 aliphatic heterocycles. The Morgan fingerprint density at radius 1 is 1.10 bits per heavy atom. The van der Waals surface area contributed by atoms with Crippen molar-refractivity contribution in [3.8, 4) is 11.5 Å². The van der Waals surface area contributed by atoms with E-state index in [1.165, 1.54) is 19.2 Å². The minimum absolute atomic E-state index is 0.0279. The first-order valence-electron chi connectivity index (χ1n) is 8.94. The molecule has 0 spiro atoms. The van der Waals surface area contributed by atoms with Crippen molar-refractivity contribution in [1.29, 1.82) is 0 Å². The van der Waals surface area contributed by atoms with Gasteiger partial charge < -0.3 is 14.9 Å². The fraction of sp³-hybridized carbons (Fsp3) is 0.174. The minimum Gasteiger partial charge on any atom is -0.508 e. The zero-order chi connectivity index (χ0) is 21.5. The lowest BCUT2D eigenvalue weighted by atomic mass is 9.80. The van der Waals surface area contributed by atoms with E-state index in [1.807, 2.05) is 0 Å². The number of carbonyl (C=O) groups is 3. The zero-order valence-electron chi connectivity index (χ0n) is 16.5. The topological polar surface area (TPSA) is 101 Å². The molecular weight excluding hydrogens is 372 g/mol. The van der Waals surface area contributed by atoms with Gasteiger partial charge in [0.25, 0.3) is 0 Å². The van der Waals surface area contributed by atoms with Crippen molar-refractivity contribution in [3.63, 3.8) is 0 Å². The molecule has 1 aliphatic carbocycles. The number of fused-ring (bicyclic) bond motifs is 2. The highest BCUT2D eigenvalue weighted by molar-refractivity contribution is 6.31. The minimum atomic E-state index is -0.674. The van der Waals surface area contributed by atoms with Crippen molar-refractivity contribution in [2.75, 3.05) is 7.11 Å². The molecule has 6 nitrogen and oxygen atoms in total. The lowest BCUT2D eigenvalue weighted by Gasteiger charge is -2.22. The van der Waals surface area contributed by atoms with Crippen molar-refractivity contribution < 1.29 is 29.3 Å². The molecule has 2 aromatic rings. The fourth-order valence-corrected chi connectivity index (χ4v) is 3.37. The van der Waals surface area contributed by atoms with Crippen molar-refractivity contribution in [2.45, 2.75) is 20.8 Å². The maximum Gasteiger partial charge on any atom is 0.202 e. The second kappa shape index (κ2) is 7.39. The van der Waals surface area contributed by atoms with Gasteiger partial charge in [-0.15, -0.1) is 0 Å². The lowest BCUT2D eigenvalue weighted by molar-refractivity contribution is 0.0972. The number of ketones is 3. The molecule has 0 radical (unpaired) electrons. The maximum atomic E-state index is 13.1. The number of methoxy groups -OCH3 is 1. The molecule has 0 heterocycles. The summed E-state index contributed by atoms with van der Waals surface area (Å²) >= 11 is 0. The van der Waals surface area contributed by atoms with Gasteiger partial charge in [0.05, 0.1) is 23.8 Å². The van der Waals surface area contributed by atoms with Crippen molar-refractivity contribution in [1.82, 2.24) is 0 Å². The normalized spacial score (nSPS) is 13.8. The summed E-state index contributed by atoms with van der Waals surface area (Å²) in [6.07, 6.45) is 2.61. The summed E-state index contributed by atoms with van der Waals surface area (Å²) in [6.45, 7) is 4.89. The van der Waals surface area contributed by atoms with Gasteiger partial charge in [0.15, 0.2) is 11.6 Å². The SMILES string of the molecule is C/C=C(C)/C(O)=C\C(=O)c1c(C)cc2c(c1O)C(=O)c1c(OC)cccc1C2=O. The molecule has 2 N–H and O–H groups in total. The van der Waals surface area contributed by atoms with Crippen LogP contribution in [0, 0.1) is 6.92 Å². The van der Waals surface area contributed by atoms with Crippen LogP contribution in [-0.2, 0) is 0 Å². The predicted octanol–water partition coefficient (Wildman–Crippen LogP) is 4.08. The highest BCUT2D eigenvalue weighted by Crippen LogP contribution is 2.39. The van der Waals surface area contributed by atoms with Gasteiger partial charge in [-0.2, -0.15) is 0 Å². The molecule has 148 valence electrons. The fourth-order valence-electron chi connectivity index (χ4n) is 3.37. The molecule has 0 unspecified atom stereocenters. The van der Waals surface area contributed by atoms with Crippen LogP contribution in [0.4, 0.5) is 0 Å². The third kappa shape index (κ3) is 3.12. The average molecular weight is 392 g/mol. The number of allylic oxidation sites excluding steroid dienone is 3. The van der Waals surface area contributed by atoms with Crippen molar-refractivity contribution >= 4 is 17.3 Å². The van der Waals surface area contributed by atoms with E-state index in [1.54, 1.807) is 39.0 Å². The first kappa shape index (κ1) is 20.1. The van der Waals surface area contributed by atoms with Crippen LogP contribution in [0.15, 0.2) is 47.7 Å². The maximum absolute atomic E-state index is 13.1. The average Bonchev–Trinajstić information content (AvgIpc) is 2.70. The molecule has 0 atom stereocenters. The summed E-state index contributed by atoms with van der Waals surface area (Å²) in [6, 6.07) is 6.09. The Balaban J connectivity index is 2.24. The van der Waals surface area contributed by atoms with Crippen LogP contribution >= 0.6 is 0 Å². The van der Waals surface area contributed by atoms with Crippen LogP contribution in [0.25, 0.3) is 0 Å². The van der Waals surface area contributed by atoms with Gasteiger partial charge in [-0.25, -0.2) is 0 Å². The number of aryl methyl sites for hydroxylation is 1. The Bertz CT molecular complexity index is 1130. The molecule has 2 aromatic carbocycles. The van der Waals surface area contributed by atoms with Gasteiger partial charge >= 0.3 is 0 Å². The molecule has 0 saturated carbocycles. The highest BCUT2D eigenvalue weighted by atomic mass is 16.5. The summed E-state index contributed by atoms with van der Waals surface area (Å²) < 4.78 is 5.21. The second-order valence-corrected chi connectivity index (χ2v) is 6.75. The summed E-state index contributed by atoms with van der Waals surface area (Å²) in [5.74, 6) is -2.33. The van der Waals surface area contributed by atoms with Gasteiger partial charge in [-0.05, 0) is 44.0 Å². The number of carbonyl (C=O) groups excluding carboxylic acids is 3. The molecule has 0 amide bonds. The number of benzene rings is 2. The number of hydrogen-bond donors (Lipinski definition) is 2. The highest BCUT2D eigenvalue weighted by Gasteiger charge is 2.36. The molecule has 1 aliphatic rings. The van der Waals surface area contributed by atoms with Crippen LogP contribution in [0.2, 0.25) is 0 Å². The molecule has 0 fully saturated rings. The number of aromatic hydroxyl groups is 1. The van der Waals surface area contributed by atoms with Gasteiger partial charge in [0.1, 0.15) is 17.3 Å². The number of hydrogen-bond acceptors (Lipinski definition) is 6. The van der Waals surface area contributed by atoms with E-state index >= 15 is 0 Å². The van der Waals surface area contributed by atoms with E-state index < -0.39 is 23.1 Å². The second-order valence-electron chi connectivity index (χ2n) is 6.75. The Kier molecular flexibility index (Phi) is 5.12. The van der Waals surface area contributed by atoms with Crippen LogP contribution in [0.5, 0.6) is 11.5 Å². The number of aliphatic hydroxyl groups is 1. The molecule has 0 bridgehead atoms. The number of phenolic OH excluding ortho intramolecular Hbond substituents is 1. The van der Waals surface area contributed by atoms with Crippen LogP contribution < -0.4 is 4.74 Å². The molecule has 6 heteroatoms. The molecule has 29 heavy (non-hydrogen) atoms. The Morgan fingerprint density at radius 3 is 2.41 bits per heavy atom. The standard InChI is InChI=1S/C23H20O6/c1-5-11(2)15(24)10-16(25)18-12(3)9-14-20(22(18)27)23(28)19-13(21(14)26)7-6-8-17(19)29-4/h5-10,24,27H,1-4H3/b11-5+,15-10+. The lowest BCUT2D eigenvalue weighted by Crippen LogP contribution is -2.23. The Hall–Kier alpha value is -3.67. The predicted molar refractivity (Wildman–Crippen MR) is 107 cm³/mol. The summed E-state index contributed by atoms with van der Waals surface area (Å²) in [4.78, 5) is 38.8. The zero-order valence-corrected chi connectivity index (χ0v) is 16.5. The van der Waals surface area contributed by atoms with Gasteiger partial charge in [0, 0.05) is 17.2 Å². The quantitative estimate of drug-likeness (QED) is 0.300. The third-order valence-electron chi connectivity index (χ3n) is 5.04. The largest absolute Gasteiger partial charge is 0.508 e. The molecular formula is C23H20O6. The van der Waals surface area contributed by atoms with Gasteiger partial charge in [0.2, 0.25) is 5.78 Å². The summed E-state index contributed by atoms with van der Waals surface area (Å²) in [7, 11) is 1.38. The van der Waals surface area contributed by atoms with Crippen LogP contribution in [0.1, 0.15) is 61.6 Å². The van der Waals surface area contributed by atoms with E-state index in [4.69, 9.17) is 4.74 Å². The van der Waals surface area contributed by atoms with E-state index in [2.05, 4.69) is 0 Å². The molecule has 3 rings (SSSR count). The number of ether oxygens (including phenoxy) is 1. The number of aliphatic hydroxyl groups excluding tert-OH is 1. The smallest absolute Gasteiger partial charge is 0.202 e. The van der Waals surface area contributed by atoms with Gasteiger partial charge in [-0.1, -0.05) is 18.2 Å². The van der Waals surface area contributed by atoms with E-state index in [0.717, 1.165) is 6.08 Å². The van der Waals surface area contributed by atoms with E-state index in [9.17, 15) is 24.6 Å².